The van der Waals surface area contributed by atoms with Crippen LogP contribution in [0.1, 0.15) is 11.1 Å². The summed E-state index contributed by atoms with van der Waals surface area (Å²) in [6.45, 7) is 1.38. The summed E-state index contributed by atoms with van der Waals surface area (Å²) in [4.78, 5) is 5.04. The third-order valence-electron chi connectivity index (χ3n) is 1.82. The highest BCUT2D eigenvalue weighted by Gasteiger charge is 2.07. The first-order valence-electron chi connectivity index (χ1n) is 3.58. The highest BCUT2D eigenvalue weighted by molar-refractivity contribution is 5.44. The number of fused-ring (bicyclic) bond motifs is 1. The van der Waals surface area contributed by atoms with Crippen LogP contribution in [0.15, 0.2) is 18.2 Å². The maximum atomic E-state index is 5.61. The molecule has 3 nitrogen and oxygen atoms in total. The molecule has 0 fully saturated rings. The lowest BCUT2D eigenvalue weighted by molar-refractivity contribution is 0.0109. The third kappa shape index (κ3) is 1.20. The number of hydrogen-bond donors (Lipinski definition) is 2. The zero-order valence-corrected chi connectivity index (χ0v) is 6.13. The number of hydroxylamine groups is 1. The van der Waals surface area contributed by atoms with Gasteiger partial charge in [0.05, 0.1) is 6.61 Å². The Balaban J connectivity index is 2.43. The van der Waals surface area contributed by atoms with Crippen molar-refractivity contribution in [2.24, 2.45) is 0 Å². The van der Waals surface area contributed by atoms with Gasteiger partial charge in [-0.1, -0.05) is 6.07 Å². The molecule has 1 aromatic carbocycles. The van der Waals surface area contributed by atoms with Gasteiger partial charge in [-0.05, 0) is 23.3 Å². The van der Waals surface area contributed by atoms with Crippen LogP contribution in [0.5, 0.6) is 0 Å². The average Bonchev–Trinajstić information content (AvgIpc) is 2.04. The van der Waals surface area contributed by atoms with E-state index in [1.807, 2.05) is 18.2 Å². The van der Waals surface area contributed by atoms with Crippen LogP contribution in [-0.2, 0) is 18.0 Å². The van der Waals surface area contributed by atoms with E-state index in [-0.39, 0.29) is 0 Å². The largest absolute Gasteiger partial charge is 0.399 e. The monoisotopic (exact) mass is 150 g/mol. The lowest BCUT2D eigenvalue weighted by atomic mass is 10.1. The van der Waals surface area contributed by atoms with E-state index in [0.29, 0.717) is 6.61 Å². The molecule has 0 atom stereocenters. The minimum atomic E-state index is 0.635. The molecule has 58 valence electrons. The first-order valence-corrected chi connectivity index (χ1v) is 3.58. The molecule has 0 unspecified atom stereocenters. The minimum Gasteiger partial charge on any atom is -0.399 e. The van der Waals surface area contributed by atoms with Crippen LogP contribution < -0.4 is 11.2 Å². The molecule has 0 saturated carbocycles. The molecule has 0 bridgehead atoms. The van der Waals surface area contributed by atoms with Gasteiger partial charge in [0, 0.05) is 12.2 Å². The fourth-order valence-electron chi connectivity index (χ4n) is 1.21. The van der Waals surface area contributed by atoms with E-state index in [2.05, 4.69) is 5.48 Å². The topological polar surface area (TPSA) is 47.3 Å². The number of nitrogens with two attached hydrogens (primary N) is 1. The summed E-state index contributed by atoms with van der Waals surface area (Å²) >= 11 is 0. The molecular weight excluding hydrogens is 140 g/mol. The molecule has 1 heterocycles. The maximum absolute atomic E-state index is 5.61. The SMILES string of the molecule is Nc1ccc2c(c1)CNOC2. The average molecular weight is 150 g/mol. The molecule has 0 radical (unpaired) electrons. The minimum absolute atomic E-state index is 0.635. The second-order valence-corrected chi connectivity index (χ2v) is 2.64. The van der Waals surface area contributed by atoms with Crippen molar-refractivity contribution < 1.29 is 4.84 Å². The van der Waals surface area contributed by atoms with E-state index in [0.717, 1.165) is 12.2 Å². The van der Waals surface area contributed by atoms with Crippen LogP contribution in [0.25, 0.3) is 0 Å². The van der Waals surface area contributed by atoms with Gasteiger partial charge >= 0.3 is 0 Å². The fourth-order valence-corrected chi connectivity index (χ4v) is 1.21. The third-order valence-corrected chi connectivity index (χ3v) is 1.82. The van der Waals surface area contributed by atoms with Crippen molar-refractivity contribution in [2.75, 3.05) is 5.73 Å². The van der Waals surface area contributed by atoms with Gasteiger partial charge in [0.25, 0.3) is 0 Å². The van der Waals surface area contributed by atoms with Crippen molar-refractivity contribution in [3.63, 3.8) is 0 Å². The lowest BCUT2D eigenvalue weighted by Gasteiger charge is -2.16. The molecule has 0 spiro atoms. The zero-order valence-electron chi connectivity index (χ0n) is 6.13. The number of nitrogens with one attached hydrogen (secondary N) is 1. The normalized spacial score (nSPS) is 16.0. The van der Waals surface area contributed by atoms with E-state index >= 15 is 0 Å². The van der Waals surface area contributed by atoms with Crippen LogP contribution in [-0.4, -0.2) is 0 Å². The van der Waals surface area contributed by atoms with Crippen LogP contribution in [0.2, 0.25) is 0 Å². The van der Waals surface area contributed by atoms with E-state index in [1.54, 1.807) is 0 Å². The Labute approximate surface area is 65.1 Å². The molecule has 0 aliphatic carbocycles. The first kappa shape index (κ1) is 6.64. The predicted molar refractivity (Wildman–Crippen MR) is 42.5 cm³/mol. The molecule has 3 N–H and O–H groups in total. The molecule has 0 aromatic heterocycles. The highest BCUT2D eigenvalue weighted by atomic mass is 16.6. The first-order chi connectivity index (χ1) is 5.36. The Hall–Kier alpha value is -1.06. The summed E-state index contributed by atoms with van der Waals surface area (Å²) in [5, 5.41) is 0. The van der Waals surface area contributed by atoms with Crippen molar-refractivity contribution in [1.82, 2.24) is 5.48 Å². The summed E-state index contributed by atoms with van der Waals surface area (Å²) < 4.78 is 0. The molecule has 0 amide bonds. The molecule has 1 aliphatic heterocycles. The van der Waals surface area contributed by atoms with Crippen LogP contribution in [0.4, 0.5) is 5.69 Å². The van der Waals surface area contributed by atoms with Gasteiger partial charge in [-0.15, -0.1) is 0 Å². The number of anilines is 1. The maximum Gasteiger partial charge on any atom is 0.0936 e. The van der Waals surface area contributed by atoms with Gasteiger partial charge in [-0.3, -0.25) is 4.84 Å². The summed E-state index contributed by atoms with van der Waals surface area (Å²) in [5.41, 5.74) is 11.7. The standard InChI is InChI=1S/C8H10N2O/c9-8-2-1-6-5-11-10-4-7(6)3-8/h1-3,10H,4-5,9H2. The highest BCUT2D eigenvalue weighted by Crippen LogP contribution is 2.16. The number of benzene rings is 1. The smallest absolute Gasteiger partial charge is 0.0936 e. The van der Waals surface area contributed by atoms with Crippen molar-refractivity contribution in [3.8, 4) is 0 Å². The molecule has 1 aliphatic rings. The Morgan fingerprint density at radius 1 is 1.36 bits per heavy atom. The van der Waals surface area contributed by atoms with Gasteiger partial charge in [-0.25, -0.2) is 0 Å². The van der Waals surface area contributed by atoms with Gasteiger partial charge in [-0.2, -0.15) is 5.48 Å². The molecule has 2 rings (SSSR count). The molecule has 3 heteroatoms. The Morgan fingerprint density at radius 3 is 3.18 bits per heavy atom. The van der Waals surface area contributed by atoms with Gasteiger partial charge in [0.15, 0.2) is 0 Å². The predicted octanol–water partition coefficient (Wildman–Crippen LogP) is 0.804. The van der Waals surface area contributed by atoms with E-state index in [4.69, 9.17) is 10.6 Å². The molecule has 1 aromatic rings. The zero-order chi connectivity index (χ0) is 7.68. The summed E-state index contributed by atoms with van der Waals surface area (Å²) in [7, 11) is 0. The second kappa shape index (κ2) is 2.53. The Morgan fingerprint density at radius 2 is 2.27 bits per heavy atom. The fraction of sp³-hybridized carbons (Fsp3) is 0.250. The molecular formula is C8H10N2O. The summed E-state index contributed by atoms with van der Waals surface area (Å²) in [6.07, 6.45) is 0. The van der Waals surface area contributed by atoms with E-state index in [1.165, 1.54) is 11.1 Å². The van der Waals surface area contributed by atoms with Crippen LogP contribution >= 0.6 is 0 Å². The van der Waals surface area contributed by atoms with Crippen LogP contribution in [0.3, 0.4) is 0 Å². The Kier molecular flexibility index (Phi) is 1.52. The van der Waals surface area contributed by atoms with Crippen molar-refractivity contribution in [3.05, 3.63) is 29.3 Å². The van der Waals surface area contributed by atoms with Crippen LogP contribution in [0, 0.1) is 0 Å². The van der Waals surface area contributed by atoms with Crippen molar-refractivity contribution in [2.45, 2.75) is 13.2 Å². The Bertz CT molecular complexity index is 273. The quantitative estimate of drug-likeness (QED) is 0.538. The van der Waals surface area contributed by atoms with Gasteiger partial charge < -0.3 is 5.73 Å². The number of hydrogen-bond acceptors (Lipinski definition) is 3. The van der Waals surface area contributed by atoms with E-state index in [9.17, 15) is 0 Å². The second-order valence-electron chi connectivity index (χ2n) is 2.64. The summed E-state index contributed by atoms with van der Waals surface area (Å²) in [6, 6.07) is 5.88. The van der Waals surface area contributed by atoms with Gasteiger partial charge in [0.1, 0.15) is 0 Å². The van der Waals surface area contributed by atoms with Crippen molar-refractivity contribution in [1.29, 1.82) is 0 Å². The van der Waals surface area contributed by atoms with E-state index < -0.39 is 0 Å². The van der Waals surface area contributed by atoms with Gasteiger partial charge in [0.2, 0.25) is 0 Å². The molecule has 11 heavy (non-hydrogen) atoms. The number of rotatable bonds is 0. The van der Waals surface area contributed by atoms with Crippen molar-refractivity contribution >= 4 is 5.69 Å². The lowest BCUT2D eigenvalue weighted by Crippen LogP contribution is -2.21. The number of nitrogen functional groups attached to an aromatic ring is 1. The summed E-state index contributed by atoms with van der Waals surface area (Å²) in [5.74, 6) is 0. The molecule has 0 saturated heterocycles.